The Balaban J connectivity index is 2.83. The van der Waals surface area contributed by atoms with Crippen molar-refractivity contribution in [3.8, 4) is 0 Å². The standard InChI is InChI=1S/C6H7SSi/c7-8-6-4-2-1-3-5-6/h1-5H,8H2. The van der Waals surface area contributed by atoms with Crippen molar-refractivity contribution in [3.05, 3.63) is 30.3 Å². The quantitative estimate of drug-likeness (QED) is 0.500. The number of hydrogen-bond donors (Lipinski definition) is 0. The van der Waals surface area contributed by atoms with Crippen LogP contribution in [-0.4, -0.2) is 8.67 Å². The fraction of sp³-hybridized carbons (Fsp3) is 0. The third kappa shape index (κ3) is 1.38. The molecule has 0 heterocycles. The zero-order valence-electron chi connectivity index (χ0n) is 4.50. The molecule has 0 saturated carbocycles. The van der Waals surface area contributed by atoms with Crippen molar-refractivity contribution in [2.24, 2.45) is 0 Å². The van der Waals surface area contributed by atoms with E-state index in [1.165, 1.54) is 5.19 Å². The first-order valence-electron chi connectivity index (χ1n) is 2.55. The van der Waals surface area contributed by atoms with Crippen LogP contribution in [0.1, 0.15) is 0 Å². The normalized spacial score (nSPS) is 10.6. The second-order valence-corrected chi connectivity index (χ2v) is 3.60. The van der Waals surface area contributed by atoms with Crippen LogP contribution in [0.5, 0.6) is 0 Å². The van der Waals surface area contributed by atoms with E-state index < -0.39 is 0 Å². The van der Waals surface area contributed by atoms with Crippen LogP contribution in [0.4, 0.5) is 0 Å². The van der Waals surface area contributed by atoms with Crippen LogP contribution in [0, 0.1) is 0 Å². The maximum atomic E-state index is 4.96. The van der Waals surface area contributed by atoms with Gasteiger partial charge < -0.3 is 0 Å². The SMILES string of the molecule is [S][SiH2]c1ccccc1. The minimum atomic E-state index is -0.325. The van der Waals surface area contributed by atoms with Gasteiger partial charge in [-0.05, 0) is 0 Å². The highest BCUT2D eigenvalue weighted by molar-refractivity contribution is 8.08. The highest BCUT2D eigenvalue weighted by Crippen LogP contribution is 1.81. The topological polar surface area (TPSA) is 0 Å². The summed E-state index contributed by atoms with van der Waals surface area (Å²) in [6.45, 7) is 0. The van der Waals surface area contributed by atoms with Crippen LogP contribution >= 0.6 is 12.1 Å². The van der Waals surface area contributed by atoms with E-state index in [4.69, 9.17) is 12.1 Å². The van der Waals surface area contributed by atoms with Gasteiger partial charge in [-0.15, -0.1) is 12.1 Å². The molecule has 0 aliphatic rings. The molecule has 0 nitrogen and oxygen atoms in total. The predicted octanol–water partition coefficient (Wildman–Crippen LogP) is 0.593. The van der Waals surface area contributed by atoms with Crippen molar-refractivity contribution in [2.45, 2.75) is 0 Å². The molecule has 0 aliphatic carbocycles. The summed E-state index contributed by atoms with van der Waals surface area (Å²) < 4.78 is 0. The van der Waals surface area contributed by atoms with E-state index in [0.29, 0.717) is 0 Å². The van der Waals surface area contributed by atoms with Crippen molar-refractivity contribution >= 4 is 25.9 Å². The lowest BCUT2D eigenvalue weighted by atomic mass is 10.4. The number of hydrogen-bond acceptors (Lipinski definition) is 0. The van der Waals surface area contributed by atoms with Gasteiger partial charge in [-0.25, -0.2) is 0 Å². The molecule has 1 radical (unpaired) electrons. The average molecular weight is 139 g/mol. The molecule has 0 saturated heterocycles. The minimum absolute atomic E-state index is 0.325. The van der Waals surface area contributed by atoms with Gasteiger partial charge >= 0.3 is 0 Å². The fourth-order valence-electron chi connectivity index (χ4n) is 0.574. The summed E-state index contributed by atoms with van der Waals surface area (Å²) in [6, 6.07) is 10.3. The first kappa shape index (κ1) is 5.92. The fourth-order valence-corrected chi connectivity index (χ4v) is 1.62. The van der Waals surface area contributed by atoms with Crippen molar-refractivity contribution < 1.29 is 0 Å². The van der Waals surface area contributed by atoms with Crippen molar-refractivity contribution in [3.63, 3.8) is 0 Å². The van der Waals surface area contributed by atoms with Gasteiger partial charge in [-0.1, -0.05) is 35.5 Å². The van der Waals surface area contributed by atoms with E-state index in [-0.39, 0.29) is 8.67 Å². The Labute approximate surface area is 56.8 Å². The van der Waals surface area contributed by atoms with Gasteiger partial charge in [0, 0.05) is 0 Å². The Morgan fingerprint density at radius 1 is 1.12 bits per heavy atom. The molecule has 0 aliphatic heterocycles. The summed E-state index contributed by atoms with van der Waals surface area (Å²) in [5, 5.41) is 1.36. The summed E-state index contributed by atoms with van der Waals surface area (Å²) in [7, 11) is -0.325. The second kappa shape index (κ2) is 2.94. The lowest BCUT2D eigenvalue weighted by Crippen LogP contribution is -2.05. The molecule has 0 atom stereocenters. The Hall–Kier alpha value is -0.213. The van der Waals surface area contributed by atoms with Crippen LogP contribution in [0.25, 0.3) is 0 Å². The van der Waals surface area contributed by atoms with E-state index in [1.54, 1.807) is 0 Å². The zero-order valence-corrected chi connectivity index (χ0v) is 6.73. The van der Waals surface area contributed by atoms with E-state index in [9.17, 15) is 0 Å². The molecule has 0 fully saturated rings. The molecule has 1 aromatic rings. The molecule has 1 aromatic carbocycles. The molecule has 0 spiro atoms. The first-order valence-corrected chi connectivity index (χ1v) is 5.57. The van der Waals surface area contributed by atoms with Gasteiger partial charge in [-0.2, -0.15) is 0 Å². The molecular formula is C6H7SSi. The van der Waals surface area contributed by atoms with Crippen molar-refractivity contribution in [1.82, 2.24) is 0 Å². The number of rotatable bonds is 1. The zero-order chi connectivity index (χ0) is 5.82. The Kier molecular flexibility index (Phi) is 2.18. The number of benzene rings is 1. The summed E-state index contributed by atoms with van der Waals surface area (Å²) in [5.74, 6) is 0. The highest BCUT2D eigenvalue weighted by Gasteiger charge is 1.82. The summed E-state index contributed by atoms with van der Waals surface area (Å²) in [5.41, 5.74) is 0. The highest BCUT2D eigenvalue weighted by atomic mass is 32.3. The largest absolute Gasteiger partial charge is 0.130 e. The van der Waals surface area contributed by atoms with Crippen molar-refractivity contribution in [2.75, 3.05) is 0 Å². The van der Waals surface area contributed by atoms with E-state index in [1.807, 2.05) is 18.2 Å². The van der Waals surface area contributed by atoms with Crippen LogP contribution in [0.15, 0.2) is 30.3 Å². The maximum Gasteiger partial charge on any atom is 0.130 e. The Morgan fingerprint density at radius 3 is 2.12 bits per heavy atom. The van der Waals surface area contributed by atoms with Gasteiger partial charge in [0.25, 0.3) is 0 Å². The molecule has 1 rings (SSSR count). The van der Waals surface area contributed by atoms with Crippen LogP contribution < -0.4 is 5.19 Å². The van der Waals surface area contributed by atoms with Gasteiger partial charge in [-0.3, -0.25) is 0 Å². The lowest BCUT2D eigenvalue weighted by molar-refractivity contribution is 1.77. The Morgan fingerprint density at radius 2 is 1.75 bits per heavy atom. The molecular weight excluding hydrogens is 132 g/mol. The predicted molar refractivity (Wildman–Crippen MR) is 42.2 cm³/mol. The van der Waals surface area contributed by atoms with Crippen molar-refractivity contribution in [1.29, 1.82) is 0 Å². The molecule has 2 heteroatoms. The molecule has 8 heavy (non-hydrogen) atoms. The van der Waals surface area contributed by atoms with E-state index in [2.05, 4.69) is 12.1 Å². The van der Waals surface area contributed by atoms with E-state index >= 15 is 0 Å². The minimum Gasteiger partial charge on any atom is -0.130 e. The molecule has 0 bridgehead atoms. The van der Waals surface area contributed by atoms with Crippen LogP contribution in [0.3, 0.4) is 0 Å². The average Bonchev–Trinajstić information content (AvgIpc) is 1.90. The van der Waals surface area contributed by atoms with E-state index in [0.717, 1.165) is 0 Å². The molecule has 0 N–H and O–H groups in total. The first-order chi connectivity index (χ1) is 3.93. The maximum absolute atomic E-state index is 4.96. The van der Waals surface area contributed by atoms with Gasteiger partial charge in [0.15, 0.2) is 0 Å². The molecule has 0 aromatic heterocycles. The summed E-state index contributed by atoms with van der Waals surface area (Å²) in [6.07, 6.45) is 0. The van der Waals surface area contributed by atoms with Crippen LogP contribution in [0.2, 0.25) is 0 Å². The molecule has 41 valence electrons. The third-order valence-corrected chi connectivity index (χ3v) is 2.81. The smallest absolute Gasteiger partial charge is 0.130 e. The summed E-state index contributed by atoms with van der Waals surface area (Å²) >= 11 is 4.96. The third-order valence-electron chi connectivity index (χ3n) is 1.01. The van der Waals surface area contributed by atoms with Gasteiger partial charge in [0.1, 0.15) is 8.67 Å². The van der Waals surface area contributed by atoms with Gasteiger partial charge in [0.2, 0.25) is 0 Å². The van der Waals surface area contributed by atoms with Gasteiger partial charge in [0.05, 0.1) is 0 Å². The second-order valence-electron chi connectivity index (χ2n) is 1.63. The molecule has 0 amide bonds. The summed E-state index contributed by atoms with van der Waals surface area (Å²) in [4.78, 5) is 0. The lowest BCUT2D eigenvalue weighted by Gasteiger charge is -1.87. The monoisotopic (exact) mass is 139 g/mol. The van der Waals surface area contributed by atoms with Crippen LogP contribution in [-0.2, 0) is 0 Å². The Bertz CT molecular complexity index is 150. The molecule has 0 unspecified atom stereocenters.